The number of hydrogen-bond donors (Lipinski definition) is 2. The summed E-state index contributed by atoms with van der Waals surface area (Å²) in [6.45, 7) is 0.276. The SMILES string of the molecule is O=C(CCCC[C@@H]1SC[C@@H]2NC(=O)N(C(O)C(=O)c3ccccc3)[C@@H]21)OCc1ccccc1. The second-order valence-electron chi connectivity index (χ2n) is 8.32. The maximum absolute atomic E-state index is 12.7. The number of thioether (sulfide) groups is 1. The van der Waals surface area contributed by atoms with Gasteiger partial charge in [0, 0.05) is 23.0 Å². The molecular formula is C25H28N2O5S. The number of amides is 2. The normalized spacial score (nSPS) is 22.5. The largest absolute Gasteiger partial charge is 0.461 e. The third-order valence-electron chi connectivity index (χ3n) is 6.07. The summed E-state index contributed by atoms with van der Waals surface area (Å²) in [5.41, 5.74) is 1.33. The Bertz CT molecular complexity index is 971. The molecule has 0 spiro atoms. The highest BCUT2D eigenvalue weighted by Crippen LogP contribution is 2.38. The Hall–Kier alpha value is -2.84. The summed E-state index contributed by atoms with van der Waals surface area (Å²) in [5, 5.41) is 13.7. The second-order valence-corrected chi connectivity index (χ2v) is 9.59. The van der Waals surface area contributed by atoms with Gasteiger partial charge in [-0.15, -0.1) is 0 Å². The molecule has 2 N–H and O–H groups in total. The van der Waals surface area contributed by atoms with Crippen LogP contribution in [0.25, 0.3) is 0 Å². The van der Waals surface area contributed by atoms with Crippen LogP contribution in [0.1, 0.15) is 41.6 Å². The van der Waals surface area contributed by atoms with Crippen molar-refractivity contribution in [2.24, 2.45) is 0 Å². The van der Waals surface area contributed by atoms with E-state index in [4.69, 9.17) is 4.74 Å². The number of ketones is 1. The molecule has 2 amide bonds. The average molecular weight is 469 g/mol. The molecule has 2 saturated heterocycles. The Kier molecular flexibility index (Phi) is 7.67. The molecule has 7 nitrogen and oxygen atoms in total. The molecule has 0 radical (unpaired) electrons. The predicted octanol–water partition coefficient (Wildman–Crippen LogP) is 3.37. The molecule has 33 heavy (non-hydrogen) atoms. The van der Waals surface area contributed by atoms with E-state index >= 15 is 0 Å². The Labute approximate surface area is 197 Å². The van der Waals surface area contributed by atoms with Crippen molar-refractivity contribution in [3.8, 4) is 0 Å². The van der Waals surface area contributed by atoms with E-state index in [0.717, 1.165) is 24.2 Å². The summed E-state index contributed by atoms with van der Waals surface area (Å²) in [6.07, 6.45) is 1.10. The Morgan fingerprint density at radius 1 is 1.09 bits per heavy atom. The Morgan fingerprint density at radius 3 is 2.52 bits per heavy atom. The van der Waals surface area contributed by atoms with Crippen LogP contribution in [-0.2, 0) is 16.1 Å². The highest BCUT2D eigenvalue weighted by molar-refractivity contribution is 8.00. The summed E-state index contributed by atoms with van der Waals surface area (Å²) >= 11 is 1.74. The molecule has 2 aliphatic rings. The summed E-state index contributed by atoms with van der Waals surface area (Å²) in [6, 6.07) is 17.3. The molecule has 2 aromatic rings. The van der Waals surface area contributed by atoms with Gasteiger partial charge in [0.1, 0.15) is 6.61 Å². The molecule has 2 aromatic carbocycles. The number of aliphatic hydroxyl groups excluding tert-OH is 1. The molecule has 0 aliphatic carbocycles. The molecule has 2 fully saturated rings. The van der Waals surface area contributed by atoms with Crippen LogP contribution in [0.3, 0.4) is 0 Å². The molecule has 0 aromatic heterocycles. The number of urea groups is 1. The standard InChI is InChI=1S/C25H28N2O5S/c28-21(32-15-17-9-3-1-4-10-17)14-8-7-13-20-22-19(16-33-20)26-25(31)27(22)24(30)23(29)18-11-5-2-6-12-18/h1-6,9-12,19-20,22,24,30H,7-8,13-16H2,(H,26,31)/t19-,20-,22-,24?/m0/s1. The molecular weight excluding hydrogens is 440 g/mol. The summed E-state index contributed by atoms with van der Waals surface area (Å²) in [4.78, 5) is 38.6. The number of carbonyl (C=O) groups excluding carboxylic acids is 3. The van der Waals surface area contributed by atoms with Gasteiger partial charge in [0.2, 0.25) is 5.78 Å². The molecule has 0 saturated carbocycles. The molecule has 2 aliphatic heterocycles. The van der Waals surface area contributed by atoms with Gasteiger partial charge in [0.05, 0.1) is 12.1 Å². The minimum absolute atomic E-state index is 0.0903. The third kappa shape index (κ3) is 5.57. The van der Waals surface area contributed by atoms with Crippen molar-refractivity contribution in [2.75, 3.05) is 5.75 Å². The van der Waals surface area contributed by atoms with Gasteiger partial charge in [0.15, 0.2) is 6.23 Å². The maximum Gasteiger partial charge on any atom is 0.320 e. The van der Waals surface area contributed by atoms with E-state index in [2.05, 4.69) is 5.32 Å². The van der Waals surface area contributed by atoms with Gasteiger partial charge in [-0.1, -0.05) is 67.1 Å². The van der Waals surface area contributed by atoms with Gasteiger partial charge >= 0.3 is 12.0 Å². The van der Waals surface area contributed by atoms with Crippen LogP contribution in [0.5, 0.6) is 0 Å². The van der Waals surface area contributed by atoms with Crippen LogP contribution in [0.2, 0.25) is 0 Å². The third-order valence-corrected chi connectivity index (χ3v) is 7.56. The van der Waals surface area contributed by atoms with Crippen molar-refractivity contribution in [1.29, 1.82) is 0 Å². The Morgan fingerprint density at radius 2 is 1.79 bits per heavy atom. The van der Waals surface area contributed by atoms with E-state index in [9.17, 15) is 19.5 Å². The lowest BCUT2D eigenvalue weighted by atomic mass is 10.0. The molecule has 8 heteroatoms. The van der Waals surface area contributed by atoms with E-state index in [1.807, 2.05) is 30.3 Å². The number of carbonyl (C=O) groups is 3. The van der Waals surface area contributed by atoms with Crippen LogP contribution in [0.15, 0.2) is 60.7 Å². The van der Waals surface area contributed by atoms with Crippen LogP contribution >= 0.6 is 11.8 Å². The molecule has 0 bridgehead atoms. The number of fused-ring (bicyclic) bond motifs is 1. The number of nitrogens with one attached hydrogen (secondary N) is 1. The van der Waals surface area contributed by atoms with E-state index < -0.39 is 18.0 Å². The van der Waals surface area contributed by atoms with Crippen molar-refractivity contribution < 1.29 is 24.2 Å². The first-order valence-corrected chi connectivity index (χ1v) is 12.3. The highest BCUT2D eigenvalue weighted by Gasteiger charge is 2.51. The van der Waals surface area contributed by atoms with Crippen LogP contribution in [-0.4, -0.2) is 57.1 Å². The van der Waals surface area contributed by atoms with Crippen LogP contribution < -0.4 is 5.32 Å². The number of Topliss-reactive ketones (excluding diaryl/α,β-unsaturated/α-hetero) is 1. The lowest BCUT2D eigenvalue weighted by Crippen LogP contribution is -2.50. The van der Waals surface area contributed by atoms with Gasteiger partial charge < -0.3 is 15.2 Å². The van der Waals surface area contributed by atoms with Gasteiger partial charge in [-0.05, 0) is 18.4 Å². The Balaban J connectivity index is 1.27. The second kappa shape index (κ2) is 10.9. The number of aliphatic hydroxyl groups is 1. The van der Waals surface area contributed by atoms with Crippen molar-refractivity contribution in [1.82, 2.24) is 10.2 Å². The summed E-state index contributed by atoms with van der Waals surface area (Å²) in [7, 11) is 0. The van der Waals surface area contributed by atoms with Crippen molar-refractivity contribution in [3.63, 3.8) is 0 Å². The molecule has 4 rings (SSSR count). The monoisotopic (exact) mass is 468 g/mol. The zero-order valence-corrected chi connectivity index (χ0v) is 19.1. The fraction of sp³-hybridized carbons (Fsp3) is 0.400. The minimum atomic E-state index is -1.52. The fourth-order valence-corrected chi connectivity index (χ4v) is 5.97. The zero-order valence-electron chi connectivity index (χ0n) is 18.3. The number of rotatable bonds is 10. The van der Waals surface area contributed by atoms with Gasteiger partial charge in [0.25, 0.3) is 0 Å². The number of nitrogens with zero attached hydrogens (tertiary/aromatic N) is 1. The number of benzene rings is 2. The number of ether oxygens (including phenoxy) is 1. The van der Waals surface area contributed by atoms with Gasteiger partial charge in [-0.2, -0.15) is 11.8 Å². The van der Waals surface area contributed by atoms with Crippen LogP contribution in [0, 0.1) is 0 Å². The van der Waals surface area contributed by atoms with Gasteiger partial charge in [-0.25, -0.2) is 4.79 Å². The highest BCUT2D eigenvalue weighted by atomic mass is 32.2. The van der Waals surface area contributed by atoms with Crippen molar-refractivity contribution >= 4 is 29.5 Å². The predicted molar refractivity (Wildman–Crippen MR) is 126 cm³/mol. The summed E-state index contributed by atoms with van der Waals surface area (Å²) in [5.74, 6) is 0.0328. The van der Waals surface area contributed by atoms with E-state index in [1.165, 1.54) is 4.90 Å². The smallest absolute Gasteiger partial charge is 0.320 e. The fourth-order valence-electron chi connectivity index (χ4n) is 4.38. The van der Waals surface area contributed by atoms with Gasteiger partial charge in [-0.3, -0.25) is 14.5 Å². The first-order valence-electron chi connectivity index (χ1n) is 11.2. The quantitative estimate of drug-likeness (QED) is 0.240. The number of hydrogen-bond acceptors (Lipinski definition) is 6. The maximum atomic E-state index is 12.7. The first kappa shape index (κ1) is 23.3. The zero-order chi connectivity index (χ0) is 23.2. The average Bonchev–Trinajstić information content (AvgIpc) is 3.38. The van der Waals surface area contributed by atoms with E-state index in [0.29, 0.717) is 18.4 Å². The molecule has 1 unspecified atom stereocenters. The van der Waals surface area contributed by atoms with E-state index in [1.54, 1.807) is 42.1 Å². The summed E-state index contributed by atoms with van der Waals surface area (Å²) < 4.78 is 5.32. The molecule has 174 valence electrons. The first-order chi connectivity index (χ1) is 16.0. The molecule has 2 heterocycles. The molecule has 4 atom stereocenters. The topological polar surface area (TPSA) is 95.9 Å². The number of unbranched alkanes of at least 4 members (excludes halogenated alkanes) is 1. The minimum Gasteiger partial charge on any atom is -0.461 e. The van der Waals surface area contributed by atoms with E-state index in [-0.39, 0.29) is 29.9 Å². The number of esters is 1. The lowest BCUT2D eigenvalue weighted by molar-refractivity contribution is -0.145. The van der Waals surface area contributed by atoms with Crippen molar-refractivity contribution in [3.05, 3.63) is 71.8 Å². The van der Waals surface area contributed by atoms with Crippen molar-refractivity contribution in [2.45, 2.75) is 55.9 Å². The lowest BCUT2D eigenvalue weighted by Gasteiger charge is -2.30. The van der Waals surface area contributed by atoms with Crippen LogP contribution in [0.4, 0.5) is 4.79 Å².